The lowest BCUT2D eigenvalue weighted by atomic mass is 10.2. The first-order valence-electron chi connectivity index (χ1n) is 4.64. The van der Waals surface area contributed by atoms with Gasteiger partial charge in [0, 0.05) is 25.2 Å². The summed E-state index contributed by atoms with van der Waals surface area (Å²) < 4.78 is 0. The molecule has 1 nitrogen and oxygen atoms in total. The van der Waals surface area contributed by atoms with Gasteiger partial charge in [-0.25, -0.2) is 0 Å². The molecular formula is C12H16ClN. The molecule has 0 bridgehead atoms. The summed E-state index contributed by atoms with van der Waals surface area (Å²) in [6, 6.07) is 8.43. The first-order valence-corrected chi connectivity index (χ1v) is 5.17. The van der Waals surface area contributed by atoms with Crippen LogP contribution in [-0.4, -0.2) is 19.5 Å². The van der Waals surface area contributed by atoms with Crippen LogP contribution in [0.2, 0.25) is 0 Å². The van der Waals surface area contributed by atoms with Crippen molar-refractivity contribution < 1.29 is 0 Å². The highest BCUT2D eigenvalue weighted by Crippen LogP contribution is 2.14. The summed E-state index contributed by atoms with van der Waals surface area (Å²) >= 11 is 5.68. The molecule has 0 saturated carbocycles. The second kappa shape index (κ2) is 5.06. The summed E-state index contributed by atoms with van der Waals surface area (Å²) in [4.78, 5) is 2.14. The topological polar surface area (TPSA) is 3.24 Å². The number of likely N-dealkylation sites (N-methyl/N-ethyl adjacent to an activating group) is 1. The molecule has 1 aromatic rings. The number of rotatable bonds is 4. The normalized spacial score (nSPS) is 9.93. The van der Waals surface area contributed by atoms with Crippen molar-refractivity contribution in [3.63, 3.8) is 0 Å². The molecule has 0 N–H and O–H groups in total. The number of alkyl halides is 1. The van der Waals surface area contributed by atoms with Crippen molar-refractivity contribution in [3.8, 4) is 0 Å². The third-order valence-corrected chi connectivity index (χ3v) is 2.50. The Morgan fingerprint density at radius 1 is 1.36 bits per heavy atom. The van der Waals surface area contributed by atoms with E-state index in [1.807, 2.05) is 7.05 Å². The summed E-state index contributed by atoms with van der Waals surface area (Å²) in [5, 5.41) is 0. The average molecular weight is 210 g/mol. The van der Waals surface area contributed by atoms with Crippen LogP contribution in [0, 0.1) is 6.92 Å². The molecule has 0 aliphatic carbocycles. The molecule has 0 unspecified atom stereocenters. The van der Waals surface area contributed by atoms with Crippen LogP contribution in [0.25, 0.3) is 0 Å². The van der Waals surface area contributed by atoms with Crippen LogP contribution in [0.15, 0.2) is 36.4 Å². The molecule has 0 heterocycles. The van der Waals surface area contributed by atoms with Crippen molar-refractivity contribution in [1.82, 2.24) is 0 Å². The van der Waals surface area contributed by atoms with E-state index >= 15 is 0 Å². The fraction of sp³-hybridized carbons (Fsp3) is 0.333. The van der Waals surface area contributed by atoms with Gasteiger partial charge < -0.3 is 4.90 Å². The van der Waals surface area contributed by atoms with Gasteiger partial charge in [0.15, 0.2) is 0 Å². The van der Waals surface area contributed by atoms with Gasteiger partial charge in [0.1, 0.15) is 0 Å². The highest BCUT2D eigenvalue weighted by atomic mass is 35.5. The Kier molecular flexibility index (Phi) is 4.02. The van der Waals surface area contributed by atoms with Gasteiger partial charge in [-0.15, -0.1) is 11.6 Å². The summed E-state index contributed by atoms with van der Waals surface area (Å²) in [6.45, 7) is 6.78. The molecule has 0 aliphatic rings. The molecule has 0 aromatic heterocycles. The van der Waals surface area contributed by atoms with E-state index in [-0.39, 0.29) is 0 Å². The van der Waals surface area contributed by atoms with E-state index in [1.54, 1.807) is 0 Å². The number of halogens is 1. The van der Waals surface area contributed by atoms with E-state index in [0.717, 1.165) is 12.1 Å². The molecule has 1 aromatic carbocycles. The summed E-state index contributed by atoms with van der Waals surface area (Å²) in [7, 11) is 2.04. The number of benzene rings is 1. The third kappa shape index (κ3) is 3.08. The van der Waals surface area contributed by atoms with Gasteiger partial charge in [0.05, 0.1) is 0 Å². The molecule has 2 heteroatoms. The van der Waals surface area contributed by atoms with Gasteiger partial charge >= 0.3 is 0 Å². The Bertz CT molecular complexity index is 303. The first kappa shape index (κ1) is 11.1. The van der Waals surface area contributed by atoms with Crippen LogP contribution >= 0.6 is 11.6 Å². The minimum Gasteiger partial charge on any atom is -0.371 e. The molecule has 0 spiro atoms. The molecule has 76 valence electrons. The maximum atomic E-state index is 5.68. The zero-order valence-corrected chi connectivity index (χ0v) is 9.51. The lowest BCUT2D eigenvalue weighted by molar-refractivity contribution is 0.987. The first-order chi connectivity index (χ1) is 6.63. The van der Waals surface area contributed by atoms with Crippen molar-refractivity contribution in [2.45, 2.75) is 6.92 Å². The Morgan fingerprint density at radius 2 is 1.93 bits per heavy atom. The number of nitrogens with zero attached hydrogens (tertiary/aromatic N) is 1. The fourth-order valence-electron chi connectivity index (χ4n) is 1.27. The van der Waals surface area contributed by atoms with Crippen molar-refractivity contribution in [3.05, 3.63) is 42.0 Å². The van der Waals surface area contributed by atoms with Gasteiger partial charge in [-0.2, -0.15) is 0 Å². The highest BCUT2D eigenvalue weighted by Gasteiger charge is 2.01. The van der Waals surface area contributed by atoms with E-state index < -0.39 is 0 Å². The molecule has 0 amide bonds. The number of hydrogen-bond donors (Lipinski definition) is 0. The zero-order valence-electron chi connectivity index (χ0n) is 8.76. The predicted octanol–water partition coefficient (Wildman–Crippen LogP) is 3.23. The van der Waals surface area contributed by atoms with Crippen LogP contribution in [-0.2, 0) is 0 Å². The monoisotopic (exact) mass is 209 g/mol. The van der Waals surface area contributed by atoms with Crippen LogP contribution in [0.1, 0.15) is 5.56 Å². The van der Waals surface area contributed by atoms with Gasteiger partial charge in [0.2, 0.25) is 0 Å². The standard InChI is InChI=1S/C12H16ClN/c1-10-4-6-12(7-5-10)14(3)9-11(2)8-13/h4-7H,2,8-9H2,1,3H3. The summed E-state index contributed by atoms with van der Waals surface area (Å²) in [5.74, 6) is 0.524. The van der Waals surface area contributed by atoms with Crippen molar-refractivity contribution in [2.24, 2.45) is 0 Å². The summed E-state index contributed by atoms with van der Waals surface area (Å²) in [5.41, 5.74) is 3.51. The minimum absolute atomic E-state index is 0.524. The molecule has 0 fully saturated rings. The summed E-state index contributed by atoms with van der Waals surface area (Å²) in [6.07, 6.45) is 0. The zero-order chi connectivity index (χ0) is 10.6. The highest BCUT2D eigenvalue weighted by molar-refractivity contribution is 6.19. The molecular weight excluding hydrogens is 194 g/mol. The number of aryl methyl sites for hydroxylation is 1. The largest absolute Gasteiger partial charge is 0.371 e. The molecule has 1 rings (SSSR count). The molecule has 0 atom stereocenters. The molecule has 0 radical (unpaired) electrons. The Labute approximate surface area is 91.0 Å². The minimum atomic E-state index is 0.524. The Hall–Kier alpha value is -0.950. The van der Waals surface area contributed by atoms with E-state index in [0.29, 0.717) is 5.88 Å². The Balaban J connectivity index is 2.65. The third-order valence-electron chi connectivity index (χ3n) is 2.12. The smallest absolute Gasteiger partial charge is 0.0448 e. The van der Waals surface area contributed by atoms with Crippen LogP contribution in [0.5, 0.6) is 0 Å². The van der Waals surface area contributed by atoms with E-state index in [1.165, 1.54) is 11.3 Å². The maximum absolute atomic E-state index is 5.68. The van der Waals surface area contributed by atoms with E-state index in [9.17, 15) is 0 Å². The molecule has 14 heavy (non-hydrogen) atoms. The van der Waals surface area contributed by atoms with Gasteiger partial charge in [0.25, 0.3) is 0 Å². The van der Waals surface area contributed by atoms with E-state index in [4.69, 9.17) is 11.6 Å². The molecule has 0 aliphatic heterocycles. The van der Waals surface area contributed by atoms with Crippen molar-refractivity contribution >= 4 is 17.3 Å². The fourth-order valence-corrected chi connectivity index (χ4v) is 1.35. The SMILES string of the molecule is C=C(CCl)CN(C)c1ccc(C)cc1. The van der Waals surface area contributed by atoms with E-state index in [2.05, 4.69) is 42.7 Å². The number of hydrogen-bond acceptors (Lipinski definition) is 1. The lowest BCUT2D eigenvalue weighted by Gasteiger charge is -2.19. The van der Waals surface area contributed by atoms with Gasteiger partial charge in [-0.1, -0.05) is 24.3 Å². The van der Waals surface area contributed by atoms with Gasteiger partial charge in [-0.05, 0) is 24.6 Å². The second-order valence-corrected chi connectivity index (χ2v) is 3.84. The Morgan fingerprint density at radius 3 is 2.43 bits per heavy atom. The van der Waals surface area contributed by atoms with Crippen molar-refractivity contribution in [1.29, 1.82) is 0 Å². The lowest BCUT2D eigenvalue weighted by Crippen LogP contribution is -2.20. The second-order valence-electron chi connectivity index (χ2n) is 3.58. The average Bonchev–Trinajstić information content (AvgIpc) is 2.18. The van der Waals surface area contributed by atoms with Crippen LogP contribution < -0.4 is 4.90 Å². The van der Waals surface area contributed by atoms with Crippen molar-refractivity contribution in [2.75, 3.05) is 24.4 Å². The predicted molar refractivity (Wildman–Crippen MR) is 64.3 cm³/mol. The van der Waals surface area contributed by atoms with Crippen LogP contribution in [0.3, 0.4) is 0 Å². The maximum Gasteiger partial charge on any atom is 0.0448 e. The van der Waals surface area contributed by atoms with Gasteiger partial charge in [-0.3, -0.25) is 0 Å². The quantitative estimate of drug-likeness (QED) is 0.544. The number of anilines is 1. The molecule has 0 saturated heterocycles. The van der Waals surface area contributed by atoms with Crippen LogP contribution in [0.4, 0.5) is 5.69 Å².